The molecule has 40 heavy (non-hydrogen) atoms. The first-order valence-electron chi connectivity index (χ1n) is 11.3. The van der Waals surface area contributed by atoms with E-state index in [9.17, 15) is 31.5 Å². The Balaban J connectivity index is 1.51. The molecule has 0 fully saturated rings. The van der Waals surface area contributed by atoms with Crippen molar-refractivity contribution in [2.75, 3.05) is 5.32 Å². The average Bonchev–Trinajstić information content (AvgIpc) is 3.53. The van der Waals surface area contributed by atoms with E-state index in [4.69, 9.17) is 10.5 Å². The lowest BCUT2D eigenvalue weighted by Gasteiger charge is -2.12. The molecule has 0 saturated carbocycles. The Hall–Kier alpha value is -4.85. The van der Waals surface area contributed by atoms with Crippen molar-refractivity contribution in [3.8, 4) is 16.9 Å². The summed E-state index contributed by atoms with van der Waals surface area (Å²) in [4.78, 5) is 28.6. The van der Waals surface area contributed by atoms with E-state index in [0.717, 1.165) is 18.2 Å². The molecule has 3 heterocycles. The Morgan fingerprint density at radius 1 is 1.00 bits per heavy atom. The van der Waals surface area contributed by atoms with Gasteiger partial charge in [-0.3, -0.25) is 9.59 Å². The lowest BCUT2D eigenvalue weighted by atomic mass is 10.0. The predicted octanol–water partition coefficient (Wildman–Crippen LogP) is 5.84. The zero-order chi connectivity index (χ0) is 28.6. The van der Waals surface area contributed by atoms with Gasteiger partial charge in [0.05, 0.1) is 5.69 Å². The van der Waals surface area contributed by atoms with Crippen LogP contribution >= 0.6 is 11.3 Å². The van der Waals surface area contributed by atoms with Crippen LogP contribution in [0.25, 0.3) is 21.3 Å². The molecule has 0 aliphatic rings. The third-order valence-electron chi connectivity index (χ3n) is 5.62. The molecule has 2 aromatic carbocycles. The molecular formula is C26H16F5N5O3S. The highest BCUT2D eigenvalue weighted by molar-refractivity contribution is 7.21. The molecule has 3 N–H and O–H groups in total. The third kappa shape index (κ3) is 5.47. The van der Waals surface area contributed by atoms with E-state index in [1.807, 2.05) is 0 Å². The summed E-state index contributed by atoms with van der Waals surface area (Å²) < 4.78 is 74.3. The van der Waals surface area contributed by atoms with Crippen LogP contribution in [-0.4, -0.2) is 26.6 Å². The zero-order valence-corrected chi connectivity index (χ0v) is 20.8. The monoisotopic (exact) mass is 573 g/mol. The fourth-order valence-corrected chi connectivity index (χ4v) is 4.80. The van der Waals surface area contributed by atoms with Gasteiger partial charge in [0.1, 0.15) is 32.8 Å². The second kappa shape index (κ2) is 10.4. The highest BCUT2D eigenvalue weighted by Gasteiger charge is 2.35. The van der Waals surface area contributed by atoms with E-state index in [-0.39, 0.29) is 44.3 Å². The van der Waals surface area contributed by atoms with Crippen molar-refractivity contribution in [1.29, 1.82) is 0 Å². The van der Waals surface area contributed by atoms with Gasteiger partial charge in [0.25, 0.3) is 11.8 Å². The van der Waals surface area contributed by atoms with Crippen LogP contribution < -0.4 is 15.8 Å². The van der Waals surface area contributed by atoms with Crippen LogP contribution in [0.15, 0.2) is 66.9 Å². The Morgan fingerprint density at radius 2 is 1.65 bits per heavy atom. The Kier molecular flexibility index (Phi) is 6.94. The van der Waals surface area contributed by atoms with Gasteiger partial charge in [-0.05, 0) is 59.7 Å². The molecule has 3 aromatic heterocycles. The maximum absolute atomic E-state index is 13.6. The van der Waals surface area contributed by atoms with Crippen molar-refractivity contribution < 1.29 is 36.3 Å². The number of aromatic nitrogens is 3. The number of halogens is 5. The summed E-state index contributed by atoms with van der Waals surface area (Å²) in [7, 11) is 0. The molecule has 5 aromatic rings. The summed E-state index contributed by atoms with van der Waals surface area (Å²) in [5.74, 6) is -2.49. The van der Waals surface area contributed by atoms with Crippen LogP contribution in [0, 0.1) is 11.6 Å². The van der Waals surface area contributed by atoms with Crippen LogP contribution in [0.1, 0.15) is 25.9 Å². The number of thiophene rings is 1. The summed E-state index contributed by atoms with van der Waals surface area (Å²) in [6.45, 7) is -0.119. The van der Waals surface area contributed by atoms with Crippen molar-refractivity contribution >= 4 is 39.1 Å². The van der Waals surface area contributed by atoms with Gasteiger partial charge in [0.2, 0.25) is 0 Å². The van der Waals surface area contributed by atoms with E-state index in [2.05, 4.69) is 15.4 Å². The predicted molar refractivity (Wildman–Crippen MR) is 136 cm³/mol. The maximum atomic E-state index is 13.6. The van der Waals surface area contributed by atoms with Gasteiger partial charge in [-0.15, -0.1) is 11.3 Å². The number of fused-ring (bicyclic) bond motifs is 1. The van der Waals surface area contributed by atoms with Crippen LogP contribution in [0.3, 0.4) is 0 Å². The second-order valence-corrected chi connectivity index (χ2v) is 9.33. The number of pyridine rings is 1. The molecule has 2 amide bonds. The summed E-state index contributed by atoms with van der Waals surface area (Å²) in [6, 6.07) is 12.0. The number of nitrogens with zero attached hydrogens (tertiary/aromatic N) is 3. The number of benzene rings is 2. The number of nitrogens with two attached hydrogens (primary N) is 1. The lowest BCUT2D eigenvalue weighted by molar-refractivity contribution is -0.140. The molecule has 5 rings (SSSR count). The van der Waals surface area contributed by atoms with E-state index in [1.54, 1.807) is 0 Å². The molecule has 14 heteroatoms. The van der Waals surface area contributed by atoms with Crippen molar-refractivity contribution in [1.82, 2.24) is 14.8 Å². The topological polar surface area (TPSA) is 112 Å². The smallest absolute Gasteiger partial charge is 0.433 e. The normalized spacial score (nSPS) is 11.5. The maximum Gasteiger partial charge on any atom is 0.433 e. The molecule has 0 atom stereocenters. The number of primary amides is 1. The van der Waals surface area contributed by atoms with Gasteiger partial charge in [0.15, 0.2) is 12.4 Å². The van der Waals surface area contributed by atoms with Gasteiger partial charge in [-0.2, -0.15) is 18.3 Å². The number of hydrogen-bond donors (Lipinski definition) is 2. The fraction of sp³-hybridized carbons (Fsp3) is 0.0769. The van der Waals surface area contributed by atoms with Crippen molar-refractivity contribution in [3.05, 3.63) is 94.8 Å². The first kappa shape index (κ1) is 26.7. The number of amides is 2. The number of alkyl halides is 3. The lowest BCUT2D eigenvalue weighted by Crippen LogP contribution is -2.18. The number of nitrogens with one attached hydrogen (secondary N) is 1. The molecule has 0 aliphatic heterocycles. The largest absolute Gasteiger partial charge is 0.471 e. The number of hydrogen-bond acceptors (Lipinski definition) is 6. The summed E-state index contributed by atoms with van der Waals surface area (Å²) in [5, 5.41) is 6.64. The highest BCUT2D eigenvalue weighted by Crippen LogP contribution is 2.43. The number of rotatable bonds is 7. The van der Waals surface area contributed by atoms with Crippen molar-refractivity contribution in [2.45, 2.75) is 12.9 Å². The summed E-state index contributed by atoms with van der Waals surface area (Å²) >= 11 is 0.577. The van der Waals surface area contributed by atoms with Crippen LogP contribution in [0.5, 0.6) is 5.75 Å². The van der Waals surface area contributed by atoms with E-state index in [1.165, 1.54) is 53.3 Å². The summed E-state index contributed by atoms with van der Waals surface area (Å²) in [6.07, 6.45) is -3.40. The van der Waals surface area contributed by atoms with E-state index >= 15 is 0 Å². The quantitative estimate of drug-likeness (QED) is 0.238. The Bertz CT molecular complexity index is 1730. The van der Waals surface area contributed by atoms with Crippen LogP contribution in [0.4, 0.5) is 27.6 Å². The number of anilines is 1. The van der Waals surface area contributed by atoms with Crippen molar-refractivity contribution in [2.24, 2.45) is 5.73 Å². The summed E-state index contributed by atoms with van der Waals surface area (Å²) in [5.41, 5.74) is 4.12. The first-order valence-corrected chi connectivity index (χ1v) is 12.1. The minimum Gasteiger partial charge on any atom is -0.471 e. The molecule has 0 spiro atoms. The Labute approximate surface area is 225 Å². The number of ether oxygens (including phenoxy) is 1. The zero-order valence-electron chi connectivity index (χ0n) is 20.0. The van der Waals surface area contributed by atoms with Crippen LogP contribution in [0.2, 0.25) is 0 Å². The van der Waals surface area contributed by atoms with E-state index in [0.29, 0.717) is 17.1 Å². The van der Waals surface area contributed by atoms with Crippen molar-refractivity contribution in [3.63, 3.8) is 0 Å². The number of carbonyl (C=O) groups is 2. The van der Waals surface area contributed by atoms with E-state index < -0.39 is 35.3 Å². The molecule has 8 nitrogen and oxygen atoms in total. The third-order valence-corrected chi connectivity index (χ3v) is 6.72. The minimum absolute atomic E-state index is 0.0193. The van der Waals surface area contributed by atoms with Crippen LogP contribution in [-0.2, 0) is 12.9 Å². The molecule has 204 valence electrons. The minimum atomic E-state index is -4.83. The molecule has 0 aliphatic carbocycles. The fourth-order valence-electron chi connectivity index (χ4n) is 3.80. The Morgan fingerprint density at radius 3 is 2.27 bits per heavy atom. The molecule has 0 unspecified atom stereocenters. The SMILES string of the molecule is NC(=O)c1sc2nc(C(F)(F)F)cc(-c3ccc(F)cc3)c2c1NC(=O)c1ccn(COc2ccc(F)cc2)n1. The van der Waals surface area contributed by atoms with Gasteiger partial charge in [-0.25, -0.2) is 18.4 Å². The van der Waals surface area contributed by atoms with Gasteiger partial charge < -0.3 is 15.8 Å². The molecule has 0 bridgehead atoms. The second-order valence-electron chi connectivity index (χ2n) is 8.33. The number of carbonyl (C=O) groups excluding carboxylic acids is 2. The molecule has 0 saturated heterocycles. The standard InChI is InChI=1S/C26H16F5N5O3S/c27-14-3-1-13(2-4-14)17-11-19(26(29,30)31)33-25-20(17)21(22(40-25)23(32)37)34-24(38)18-9-10-36(35-18)12-39-16-7-5-15(28)6-8-16/h1-11H,12H2,(H2,32,37)(H,34,38). The molecule has 0 radical (unpaired) electrons. The first-order chi connectivity index (χ1) is 19.0. The molecular weight excluding hydrogens is 557 g/mol. The highest BCUT2D eigenvalue weighted by atomic mass is 32.1. The van der Waals surface area contributed by atoms with Gasteiger partial charge >= 0.3 is 6.18 Å². The average molecular weight is 574 g/mol. The van der Waals surface area contributed by atoms with Gasteiger partial charge in [0, 0.05) is 11.6 Å². The van der Waals surface area contributed by atoms with Gasteiger partial charge in [-0.1, -0.05) is 12.1 Å².